The van der Waals surface area contributed by atoms with Crippen molar-refractivity contribution in [1.82, 2.24) is 19.7 Å². The Morgan fingerprint density at radius 3 is 2.33 bits per heavy atom. The molecule has 2 aromatic rings. The summed E-state index contributed by atoms with van der Waals surface area (Å²) < 4.78 is 39.5. The fraction of sp³-hybridized carbons (Fsp3) is 0.500. The Hall–Kier alpha value is -2.69. The smallest absolute Gasteiger partial charge is 0.354 e. The van der Waals surface area contributed by atoms with Gasteiger partial charge in [0.25, 0.3) is 0 Å². The van der Waals surface area contributed by atoms with Gasteiger partial charge in [-0.1, -0.05) is 0 Å². The van der Waals surface area contributed by atoms with Crippen LogP contribution in [0.4, 0.5) is 24.7 Å². The van der Waals surface area contributed by atoms with Crippen LogP contribution in [0.5, 0.6) is 0 Å². The van der Waals surface area contributed by atoms with Gasteiger partial charge in [-0.2, -0.15) is 18.3 Å². The minimum Gasteiger partial charge on any atom is -0.354 e. The molecule has 1 aliphatic heterocycles. The van der Waals surface area contributed by atoms with Crippen molar-refractivity contribution in [3.05, 3.63) is 45.4 Å². The Morgan fingerprint density at radius 1 is 1.19 bits per heavy atom. The quantitative estimate of drug-likeness (QED) is 0.596. The molecule has 1 aliphatic rings. The first kappa shape index (κ1) is 19.1. The first-order valence-corrected chi connectivity index (χ1v) is 8.36. The number of hydrogen-bond acceptors (Lipinski definition) is 6. The average molecular weight is 384 g/mol. The Balaban J connectivity index is 1.61. The fourth-order valence-corrected chi connectivity index (χ4v) is 3.14. The van der Waals surface area contributed by atoms with E-state index in [1.54, 1.807) is 18.5 Å². The predicted octanol–water partition coefficient (Wildman–Crippen LogP) is 2.60. The summed E-state index contributed by atoms with van der Waals surface area (Å²) in [5.41, 5.74) is 0.146. The van der Waals surface area contributed by atoms with Gasteiger partial charge in [-0.25, -0.2) is 9.67 Å². The number of nitro groups is 1. The molecule has 0 unspecified atom stereocenters. The zero-order valence-electron chi connectivity index (χ0n) is 14.9. The molecule has 0 bridgehead atoms. The van der Waals surface area contributed by atoms with Crippen molar-refractivity contribution in [1.29, 1.82) is 0 Å². The molecular weight excluding hydrogens is 365 g/mol. The summed E-state index contributed by atoms with van der Waals surface area (Å²) >= 11 is 0. The summed E-state index contributed by atoms with van der Waals surface area (Å²) in [7, 11) is 0. The molecule has 3 rings (SSSR count). The summed E-state index contributed by atoms with van der Waals surface area (Å²) in [5, 5.41) is 15.3. The van der Waals surface area contributed by atoms with Crippen LogP contribution >= 0.6 is 0 Å². The molecule has 0 aliphatic carbocycles. The number of halogens is 3. The molecule has 11 heteroatoms. The second kappa shape index (κ2) is 7.14. The highest BCUT2D eigenvalue weighted by Crippen LogP contribution is 2.29. The molecule has 0 radical (unpaired) electrons. The van der Waals surface area contributed by atoms with Crippen LogP contribution in [0.3, 0.4) is 0 Å². The number of hydrogen-bond donors (Lipinski definition) is 0. The molecule has 0 aromatic carbocycles. The van der Waals surface area contributed by atoms with Crippen molar-refractivity contribution in [2.24, 2.45) is 0 Å². The summed E-state index contributed by atoms with van der Waals surface area (Å²) in [4.78, 5) is 18.6. The summed E-state index contributed by atoms with van der Waals surface area (Å²) in [6.07, 6.45) is -3.55. The van der Waals surface area contributed by atoms with Crippen LogP contribution in [0, 0.1) is 24.0 Å². The Kier molecular flexibility index (Phi) is 5.05. The second-order valence-electron chi connectivity index (χ2n) is 6.43. The van der Waals surface area contributed by atoms with Gasteiger partial charge in [0, 0.05) is 32.4 Å². The molecule has 3 heterocycles. The van der Waals surface area contributed by atoms with Gasteiger partial charge in [0.1, 0.15) is 17.2 Å². The molecule has 0 amide bonds. The summed E-state index contributed by atoms with van der Waals surface area (Å²) in [5.74, 6) is 0.504. The minimum atomic E-state index is -4.40. The molecule has 0 N–H and O–H groups in total. The average Bonchev–Trinajstić information content (AvgIpc) is 2.88. The first-order chi connectivity index (χ1) is 12.7. The van der Waals surface area contributed by atoms with Crippen LogP contribution in [-0.4, -0.2) is 50.8 Å². The van der Waals surface area contributed by atoms with Crippen LogP contribution < -0.4 is 4.90 Å². The van der Waals surface area contributed by atoms with Crippen LogP contribution in [-0.2, 0) is 12.8 Å². The largest absolute Gasteiger partial charge is 0.417 e. The SMILES string of the molecule is Cc1nn(CN2CCN(c3ccc(C(F)(F)F)cn3)CC2)c(C)c1[N+](=O)[O-]. The molecule has 1 saturated heterocycles. The highest BCUT2D eigenvalue weighted by Gasteiger charge is 2.31. The first-order valence-electron chi connectivity index (χ1n) is 8.36. The van der Waals surface area contributed by atoms with E-state index in [0.29, 0.717) is 50.1 Å². The van der Waals surface area contributed by atoms with Gasteiger partial charge in [-0.15, -0.1) is 0 Å². The third-order valence-electron chi connectivity index (χ3n) is 4.63. The van der Waals surface area contributed by atoms with E-state index in [4.69, 9.17) is 0 Å². The van der Waals surface area contributed by atoms with Crippen molar-refractivity contribution in [3.63, 3.8) is 0 Å². The monoisotopic (exact) mass is 384 g/mol. The van der Waals surface area contributed by atoms with Gasteiger partial charge >= 0.3 is 11.9 Å². The van der Waals surface area contributed by atoms with Crippen molar-refractivity contribution >= 4 is 11.5 Å². The fourth-order valence-electron chi connectivity index (χ4n) is 3.14. The lowest BCUT2D eigenvalue weighted by atomic mass is 10.2. The third kappa shape index (κ3) is 4.02. The van der Waals surface area contributed by atoms with E-state index in [0.717, 1.165) is 12.3 Å². The number of aromatic nitrogens is 3. The molecule has 27 heavy (non-hydrogen) atoms. The Bertz CT molecular complexity index is 826. The van der Waals surface area contributed by atoms with E-state index in [1.807, 2.05) is 4.90 Å². The molecule has 0 spiro atoms. The van der Waals surface area contributed by atoms with Crippen LogP contribution in [0.2, 0.25) is 0 Å². The van der Waals surface area contributed by atoms with Crippen molar-refractivity contribution in [2.75, 3.05) is 31.1 Å². The number of rotatable bonds is 4. The molecule has 8 nitrogen and oxygen atoms in total. The van der Waals surface area contributed by atoms with Crippen molar-refractivity contribution in [2.45, 2.75) is 26.7 Å². The lowest BCUT2D eigenvalue weighted by Crippen LogP contribution is -2.47. The zero-order chi connectivity index (χ0) is 19.8. The maximum Gasteiger partial charge on any atom is 0.417 e. The summed E-state index contributed by atoms with van der Waals surface area (Å²) in [6.45, 7) is 6.19. The van der Waals surface area contributed by atoms with Crippen molar-refractivity contribution < 1.29 is 18.1 Å². The van der Waals surface area contributed by atoms with E-state index in [1.165, 1.54) is 6.07 Å². The van der Waals surface area contributed by atoms with Gasteiger partial charge in [-0.05, 0) is 26.0 Å². The van der Waals surface area contributed by atoms with Gasteiger partial charge < -0.3 is 4.90 Å². The number of anilines is 1. The highest BCUT2D eigenvalue weighted by atomic mass is 19.4. The highest BCUT2D eigenvalue weighted by molar-refractivity contribution is 5.41. The number of alkyl halides is 3. The number of pyridine rings is 1. The van der Waals surface area contributed by atoms with E-state index in [-0.39, 0.29) is 5.69 Å². The topological polar surface area (TPSA) is 80.3 Å². The maximum absolute atomic E-state index is 12.6. The maximum atomic E-state index is 12.6. The second-order valence-corrected chi connectivity index (χ2v) is 6.43. The van der Waals surface area contributed by atoms with Gasteiger partial charge in [0.2, 0.25) is 0 Å². The van der Waals surface area contributed by atoms with E-state index in [9.17, 15) is 23.3 Å². The number of aryl methyl sites for hydroxylation is 1. The Morgan fingerprint density at radius 2 is 1.85 bits per heavy atom. The van der Waals surface area contributed by atoms with Gasteiger partial charge in [0.05, 0.1) is 17.2 Å². The van der Waals surface area contributed by atoms with Crippen LogP contribution in [0.25, 0.3) is 0 Å². The number of nitrogens with zero attached hydrogens (tertiary/aromatic N) is 6. The van der Waals surface area contributed by atoms with Gasteiger partial charge in [-0.3, -0.25) is 15.0 Å². The van der Waals surface area contributed by atoms with Gasteiger partial charge in [0.15, 0.2) is 0 Å². The third-order valence-corrected chi connectivity index (χ3v) is 4.63. The lowest BCUT2D eigenvalue weighted by Gasteiger charge is -2.35. The lowest BCUT2D eigenvalue weighted by molar-refractivity contribution is -0.386. The molecule has 1 fully saturated rings. The zero-order valence-corrected chi connectivity index (χ0v) is 14.9. The molecule has 2 aromatic heterocycles. The van der Waals surface area contributed by atoms with Crippen molar-refractivity contribution in [3.8, 4) is 0 Å². The van der Waals surface area contributed by atoms with E-state index >= 15 is 0 Å². The summed E-state index contributed by atoms with van der Waals surface area (Å²) in [6, 6.07) is 2.41. The Labute approximate surface area is 153 Å². The molecular formula is C16H19F3N6O2. The standard InChI is InChI=1S/C16H19F3N6O2/c1-11-15(25(26)27)12(2)24(21-11)10-22-5-7-23(8-6-22)14-4-3-13(9-20-14)16(17,18)19/h3-4,9H,5-8,10H2,1-2H3. The number of piperazine rings is 1. The normalized spacial score (nSPS) is 16.0. The molecule has 0 atom stereocenters. The van der Waals surface area contributed by atoms with Crippen LogP contribution in [0.15, 0.2) is 18.3 Å². The molecule has 0 saturated carbocycles. The minimum absolute atomic E-state index is 0.0302. The molecule has 146 valence electrons. The predicted molar refractivity (Wildman–Crippen MR) is 91.4 cm³/mol. The van der Waals surface area contributed by atoms with E-state index < -0.39 is 16.7 Å². The van der Waals surface area contributed by atoms with Crippen LogP contribution in [0.1, 0.15) is 17.0 Å². The van der Waals surface area contributed by atoms with E-state index in [2.05, 4.69) is 15.0 Å².